The Morgan fingerprint density at radius 1 is 1.15 bits per heavy atom. The minimum Gasteiger partial charge on any atom is -0.376 e. The lowest BCUT2D eigenvalue weighted by atomic mass is 10.2. The Labute approximate surface area is 152 Å². The van der Waals surface area contributed by atoms with Gasteiger partial charge in [-0.3, -0.25) is 14.0 Å². The van der Waals surface area contributed by atoms with E-state index in [0.717, 1.165) is 45.1 Å². The van der Waals surface area contributed by atoms with Gasteiger partial charge in [-0.2, -0.15) is 0 Å². The highest BCUT2D eigenvalue weighted by molar-refractivity contribution is 6.02. The van der Waals surface area contributed by atoms with Crippen LogP contribution in [-0.2, 0) is 4.74 Å². The van der Waals surface area contributed by atoms with E-state index < -0.39 is 0 Å². The van der Waals surface area contributed by atoms with Crippen LogP contribution < -0.4 is 10.6 Å². The Kier molecular flexibility index (Phi) is 4.88. The average molecular weight is 356 g/mol. The van der Waals surface area contributed by atoms with Crippen LogP contribution in [0.4, 0.5) is 0 Å². The molecule has 3 heterocycles. The molecule has 4 rings (SSSR count). The molecule has 2 amide bonds. The fourth-order valence-electron chi connectivity index (χ4n) is 3.78. The second kappa shape index (κ2) is 7.45. The van der Waals surface area contributed by atoms with Gasteiger partial charge in [-0.05, 0) is 37.8 Å². The van der Waals surface area contributed by atoms with Crippen LogP contribution >= 0.6 is 0 Å². The SMILES string of the molecule is O=C(NC1CCCC1)c1nc(C(=O)NCC2CCCO2)n2ccccc12. The third-order valence-electron chi connectivity index (χ3n) is 5.17. The van der Waals surface area contributed by atoms with E-state index in [0.29, 0.717) is 17.8 Å². The molecule has 2 aromatic heterocycles. The normalized spacial score (nSPS) is 20.5. The highest BCUT2D eigenvalue weighted by Crippen LogP contribution is 2.19. The summed E-state index contributed by atoms with van der Waals surface area (Å²) in [4.78, 5) is 29.7. The number of nitrogens with one attached hydrogen (secondary N) is 2. The van der Waals surface area contributed by atoms with Crippen molar-refractivity contribution in [2.75, 3.05) is 13.2 Å². The number of carbonyl (C=O) groups is 2. The molecule has 0 bridgehead atoms. The molecule has 26 heavy (non-hydrogen) atoms. The van der Waals surface area contributed by atoms with Crippen molar-refractivity contribution in [2.45, 2.75) is 50.7 Å². The Balaban J connectivity index is 1.54. The zero-order valence-corrected chi connectivity index (χ0v) is 14.7. The minimum absolute atomic E-state index is 0.0651. The number of carbonyl (C=O) groups excluding carboxylic acids is 2. The summed E-state index contributed by atoms with van der Waals surface area (Å²) in [5.74, 6) is -0.268. The molecule has 1 atom stereocenters. The van der Waals surface area contributed by atoms with Gasteiger partial charge < -0.3 is 15.4 Å². The van der Waals surface area contributed by atoms with Crippen LogP contribution in [0.1, 0.15) is 59.6 Å². The summed E-state index contributed by atoms with van der Waals surface area (Å²) in [6.07, 6.45) is 8.11. The molecule has 1 aliphatic carbocycles. The Hall–Kier alpha value is -2.41. The summed E-state index contributed by atoms with van der Waals surface area (Å²) in [6, 6.07) is 5.69. The van der Waals surface area contributed by atoms with E-state index in [4.69, 9.17) is 4.74 Å². The van der Waals surface area contributed by atoms with Gasteiger partial charge in [0.2, 0.25) is 5.82 Å². The van der Waals surface area contributed by atoms with Crippen LogP contribution in [0.5, 0.6) is 0 Å². The Bertz CT molecular complexity index is 804. The van der Waals surface area contributed by atoms with Crippen LogP contribution in [0.15, 0.2) is 24.4 Å². The first kappa shape index (κ1) is 17.0. The molecule has 1 aliphatic heterocycles. The maximum Gasteiger partial charge on any atom is 0.287 e. The van der Waals surface area contributed by atoms with Gasteiger partial charge in [-0.1, -0.05) is 18.9 Å². The molecule has 2 fully saturated rings. The molecule has 0 aromatic carbocycles. The van der Waals surface area contributed by atoms with Crippen molar-refractivity contribution in [3.63, 3.8) is 0 Å². The van der Waals surface area contributed by atoms with Gasteiger partial charge in [0.25, 0.3) is 11.8 Å². The highest BCUT2D eigenvalue weighted by atomic mass is 16.5. The average Bonchev–Trinajstić information content (AvgIpc) is 3.40. The molecule has 2 aromatic rings. The number of ether oxygens (including phenoxy) is 1. The number of pyridine rings is 1. The van der Waals surface area contributed by atoms with Gasteiger partial charge in [0.05, 0.1) is 11.6 Å². The molecule has 2 N–H and O–H groups in total. The second-order valence-electron chi connectivity index (χ2n) is 7.04. The molecule has 0 spiro atoms. The van der Waals surface area contributed by atoms with Crippen molar-refractivity contribution in [3.8, 4) is 0 Å². The number of nitrogens with zero attached hydrogens (tertiary/aromatic N) is 2. The van der Waals surface area contributed by atoms with Gasteiger partial charge in [0, 0.05) is 25.4 Å². The molecule has 7 heteroatoms. The van der Waals surface area contributed by atoms with Crippen LogP contribution in [-0.4, -0.2) is 46.5 Å². The maximum atomic E-state index is 12.7. The molecule has 0 radical (unpaired) electrons. The zero-order valence-electron chi connectivity index (χ0n) is 14.7. The third kappa shape index (κ3) is 3.44. The first-order chi connectivity index (χ1) is 12.7. The number of fused-ring (bicyclic) bond motifs is 1. The van der Waals surface area contributed by atoms with Crippen LogP contribution in [0.2, 0.25) is 0 Å². The zero-order chi connectivity index (χ0) is 17.9. The predicted molar refractivity (Wildman–Crippen MR) is 96.2 cm³/mol. The van der Waals surface area contributed by atoms with E-state index in [1.54, 1.807) is 10.6 Å². The smallest absolute Gasteiger partial charge is 0.287 e. The molecular weight excluding hydrogens is 332 g/mol. The molecule has 138 valence electrons. The number of aromatic nitrogens is 2. The molecule has 1 saturated heterocycles. The number of rotatable bonds is 5. The maximum absolute atomic E-state index is 12.7. The van der Waals surface area contributed by atoms with Crippen LogP contribution in [0.3, 0.4) is 0 Å². The lowest BCUT2D eigenvalue weighted by molar-refractivity contribution is 0.0848. The van der Waals surface area contributed by atoms with Crippen molar-refractivity contribution in [3.05, 3.63) is 35.9 Å². The first-order valence-corrected chi connectivity index (χ1v) is 9.40. The fraction of sp³-hybridized carbons (Fsp3) is 0.526. The minimum atomic E-state index is -0.290. The number of amides is 2. The lowest BCUT2D eigenvalue weighted by Gasteiger charge is -2.10. The number of hydrogen-bond donors (Lipinski definition) is 2. The largest absolute Gasteiger partial charge is 0.376 e. The summed E-state index contributed by atoms with van der Waals surface area (Å²) in [6.45, 7) is 1.21. The Morgan fingerprint density at radius 2 is 2.00 bits per heavy atom. The van der Waals surface area contributed by atoms with E-state index in [1.165, 1.54) is 0 Å². The van der Waals surface area contributed by atoms with Crippen LogP contribution in [0.25, 0.3) is 5.52 Å². The number of imidazole rings is 1. The van der Waals surface area contributed by atoms with E-state index in [1.807, 2.05) is 18.2 Å². The predicted octanol–water partition coefficient (Wildman–Crippen LogP) is 1.92. The molecule has 1 unspecified atom stereocenters. The highest BCUT2D eigenvalue weighted by Gasteiger charge is 2.25. The van der Waals surface area contributed by atoms with Gasteiger partial charge >= 0.3 is 0 Å². The quantitative estimate of drug-likeness (QED) is 0.857. The fourth-order valence-corrected chi connectivity index (χ4v) is 3.78. The summed E-state index contributed by atoms with van der Waals surface area (Å²) in [5.41, 5.74) is 0.949. The molecule has 2 aliphatic rings. The van der Waals surface area contributed by atoms with Gasteiger partial charge in [-0.25, -0.2) is 4.98 Å². The summed E-state index contributed by atoms with van der Waals surface area (Å²) >= 11 is 0. The molecule has 1 saturated carbocycles. The third-order valence-corrected chi connectivity index (χ3v) is 5.17. The molecular formula is C19H24N4O3. The number of hydrogen-bond acceptors (Lipinski definition) is 4. The van der Waals surface area contributed by atoms with Crippen molar-refractivity contribution in [1.82, 2.24) is 20.0 Å². The topological polar surface area (TPSA) is 84.7 Å². The van der Waals surface area contributed by atoms with E-state index in [-0.39, 0.29) is 29.8 Å². The van der Waals surface area contributed by atoms with Crippen molar-refractivity contribution in [2.24, 2.45) is 0 Å². The van der Waals surface area contributed by atoms with E-state index >= 15 is 0 Å². The van der Waals surface area contributed by atoms with Crippen molar-refractivity contribution >= 4 is 17.3 Å². The summed E-state index contributed by atoms with van der Waals surface area (Å²) in [5, 5.41) is 5.93. The first-order valence-electron chi connectivity index (χ1n) is 9.40. The summed E-state index contributed by atoms with van der Waals surface area (Å²) < 4.78 is 7.21. The Morgan fingerprint density at radius 3 is 2.77 bits per heavy atom. The lowest BCUT2D eigenvalue weighted by Crippen LogP contribution is -2.34. The van der Waals surface area contributed by atoms with Crippen LogP contribution in [0, 0.1) is 0 Å². The monoisotopic (exact) mass is 356 g/mol. The van der Waals surface area contributed by atoms with Crippen molar-refractivity contribution in [1.29, 1.82) is 0 Å². The molecule has 7 nitrogen and oxygen atoms in total. The van der Waals surface area contributed by atoms with Gasteiger partial charge in [0.15, 0.2) is 5.69 Å². The second-order valence-corrected chi connectivity index (χ2v) is 7.04. The van der Waals surface area contributed by atoms with E-state index in [9.17, 15) is 9.59 Å². The standard InChI is InChI=1S/C19H24N4O3/c24-18(21-13-6-1-2-7-13)16-15-9-3-4-10-23(15)17(22-16)19(25)20-12-14-8-5-11-26-14/h3-4,9-10,13-14H,1-2,5-8,11-12H2,(H,20,25)(H,21,24). The van der Waals surface area contributed by atoms with Gasteiger partial charge in [-0.15, -0.1) is 0 Å². The van der Waals surface area contributed by atoms with E-state index in [2.05, 4.69) is 15.6 Å². The van der Waals surface area contributed by atoms with Crippen molar-refractivity contribution < 1.29 is 14.3 Å². The summed E-state index contributed by atoms with van der Waals surface area (Å²) in [7, 11) is 0. The van der Waals surface area contributed by atoms with Gasteiger partial charge in [0.1, 0.15) is 0 Å².